The Kier molecular flexibility index (Phi) is 4.36. The first-order valence-corrected chi connectivity index (χ1v) is 9.27. The number of imide groups is 1. The Morgan fingerprint density at radius 2 is 1.89 bits per heavy atom. The molecular formula is C19H21F2N3O3. The minimum Gasteiger partial charge on any atom is -0.349 e. The van der Waals surface area contributed by atoms with Crippen molar-refractivity contribution in [3.63, 3.8) is 0 Å². The van der Waals surface area contributed by atoms with Crippen LogP contribution in [0, 0.1) is 23.5 Å². The van der Waals surface area contributed by atoms with Crippen LogP contribution in [0.25, 0.3) is 0 Å². The van der Waals surface area contributed by atoms with Crippen LogP contribution in [0.3, 0.4) is 0 Å². The molecule has 2 aliphatic carbocycles. The third-order valence-corrected chi connectivity index (χ3v) is 6.04. The summed E-state index contributed by atoms with van der Waals surface area (Å²) in [4.78, 5) is 35.9. The summed E-state index contributed by atoms with van der Waals surface area (Å²) in [5, 5.41) is 7.69. The largest absolute Gasteiger partial charge is 0.349 e. The Bertz CT molecular complexity index is 801. The van der Waals surface area contributed by atoms with E-state index in [1.54, 1.807) is 0 Å². The van der Waals surface area contributed by atoms with Crippen LogP contribution in [0.4, 0.5) is 13.6 Å². The summed E-state index contributed by atoms with van der Waals surface area (Å²) in [7, 11) is 0. The number of halogens is 2. The van der Waals surface area contributed by atoms with E-state index >= 15 is 0 Å². The molecule has 144 valence electrons. The molecule has 2 saturated carbocycles. The number of hydrogen-bond donors (Lipinski definition) is 3. The van der Waals surface area contributed by atoms with Crippen molar-refractivity contribution >= 4 is 17.8 Å². The van der Waals surface area contributed by atoms with Crippen molar-refractivity contribution in [3.05, 3.63) is 35.4 Å². The van der Waals surface area contributed by atoms with Gasteiger partial charge in [0.15, 0.2) is 0 Å². The second-order valence-corrected chi connectivity index (χ2v) is 7.79. The van der Waals surface area contributed by atoms with Crippen molar-refractivity contribution in [2.75, 3.05) is 0 Å². The van der Waals surface area contributed by atoms with Crippen LogP contribution >= 0.6 is 0 Å². The first kappa shape index (κ1) is 17.9. The third kappa shape index (κ3) is 3.17. The average Bonchev–Trinajstić information content (AvgIpc) is 3.19. The summed E-state index contributed by atoms with van der Waals surface area (Å²) in [5.74, 6) is -2.33. The average molecular weight is 377 g/mol. The molecule has 1 heterocycles. The number of nitrogens with one attached hydrogen (secondary N) is 3. The van der Waals surface area contributed by atoms with Crippen LogP contribution in [0.5, 0.6) is 0 Å². The van der Waals surface area contributed by atoms with Gasteiger partial charge in [-0.1, -0.05) is 18.9 Å². The lowest BCUT2D eigenvalue weighted by Gasteiger charge is -2.42. The highest BCUT2D eigenvalue weighted by atomic mass is 19.1. The van der Waals surface area contributed by atoms with Crippen LogP contribution in [0.15, 0.2) is 18.2 Å². The zero-order valence-electron chi connectivity index (χ0n) is 14.7. The molecule has 6 nitrogen and oxygen atoms in total. The topological polar surface area (TPSA) is 87.3 Å². The molecule has 3 aliphatic rings. The fourth-order valence-corrected chi connectivity index (χ4v) is 4.55. The highest BCUT2D eigenvalue weighted by Gasteiger charge is 2.57. The first-order chi connectivity index (χ1) is 12.9. The summed E-state index contributed by atoms with van der Waals surface area (Å²) in [6.45, 7) is 0. The standard InChI is InChI=1S/C19H21F2N3O3/c20-12-5-6-13(14(21)7-12)15(10-3-1-2-4-10)22-16(25)11-8-19(9-11)17(26)23-18(27)24-19/h5-7,10-11,15H,1-4,8-9H2,(H,22,25)(H2,23,24,26,27). The number of hydrogen-bond acceptors (Lipinski definition) is 3. The van der Waals surface area contributed by atoms with Gasteiger partial charge in [0.05, 0.1) is 6.04 Å². The van der Waals surface area contributed by atoms with Gasteiger partial charge in [-0.05, 0) is 37.7 Å². The Morgan fingerprint density at radius 3 is 2.48 bits per heavy atom. The fraction of sp³-hybridized carbons (Fsp3) is 0.526. The Balaban J connectivity index is 1.48. The van der Waals surface area contributed by atoms with Gasteiger partial charge in [-0.2, -0.15) is 0 Å². The molecule has 1 unspecified atom stereocenters. The zero-order chi connectivity index (χ0) is 19.2. The molecule has 1 aliphatic heterocycles. The molecule has 27 heavy (non-hydrogen) atoms. The maximum atomic E-state index is 14.3. The Morgan fingerprint density at radius 1 is 1.19 bits per heavy atom. The van der Waals surface area contributed by atoms with Crippen LogP contribution < -0.4 is 16.0 Å². The number of carbonyl (C=O) groups is 3. The molecule has 4 amide bonds. The van der Waals surface area contributed by atoms with Gasteiger partial charge in [0, 0.05) is 17.5 Å². The lowest BCUT2D eigenvalue weighted by Crippen LogP contribution is -2.60. The summed E-state index contributed by atoms with van der Waals surface area (Å²) in [6.07, 6.45) is 4.21. The molecule has 1 aromatic carbocycles. The summed E-state index contributed by atoms with van der Waals surface area (Å²) >= 11 is 0. The van der Waals surface area contributed by atoms with E-state index in [-0.39, 0.29) is 30.2 Å². The van der Waals surface area contributed by atoms with E-state index in [0.29, 0.717) is 0 Å². The van der Waals surface area contributed by atoms with Gasteiger partial charge >= 0.3 is 6.03 Å². The van der Waals surface area contributed by atoms with Gasteiger partial charge in [0.1, 0.15) is 17.2 Å². The highest BCUT2D eigenvalue weighted by Crippen LogP contribution is 2.42. The van der Waals surface area contributed by atoms with Crippen molar-refractivity contribution in [2.45, 2.75) is 50.1 Å². The highest BCUT2D eigenvalue weighted by molar-refractivity contribution is 6.08. The predicted molar refractivity (Wildman–Crippen MR) is 91.3 cm³/mol. The van der Waals surface area contributed by atoms with Crippen molar-refractivity contribution in [2.24, 2.45) is 11.8 Å². The molecule has 3 N–H and O–H groups in total. The number of urea groups is 1. The van der Waals surface area contributed by atoms with Gasteiger partial charge in [-0.15, -0.1) is 0 Å². The van der Waals surface area contributed by atoms with E-state index in [1.165, 1.54) is 12.1 Å². The maximum absolute atomic E-state index is 14.3. The summed E-state index contributed by atoms with van der Waals surface area (Å²) < 4.78 is 27.6. The smallest absolute Gasteiger partial charge is 0.322 e. The minimum absolute atomic E-state index is 0.0948. The molecule has 1 saturated heterocycles. The number of carbonyl (C=O) groups excluding carboxylic acids is 3. The van der Waals surface area contributed by atoms with Crippen molar-refractivity contribution in [3.8, 4) is 0 Å². The van der Waals surface area contributed by atoms with E-state index in [4.69, 9.17) is 0 Å². The quantitative estimate of drug-likeness (QED) is 0.704. The minimum atomic E-state index is -0.997. The molecule has 4 rings (SSSR count). The number of rotatable bonds is 4. The van der Waals surface area contributed by atoms with Crippen LogP contribution in [0.1, 0.15) is 50.1 Å². The normalized spacial score (nSPS) is 28.6. The predicted octanol–water partition coefficient (Wildman–Crippen LogP) is 2.30. The molecule has 0 bridgehead atoms. The molecule has 0 aromatic heterocycles. The van der Waals surface area contributed by atoms with Crippen LogP contribution in [-0.4, -0.2) is 23.4 Å². The van der Waals surface area contributed by atoms with Gasteiger partial charge in [-0.25, -0.2) is 13.6 Å². The first-order valence-electron chi connectivity index (χ1n) is 9.27. The van der Waals surface area contributed by atoms with Gasteiger partial charge in [0.25, 0.3) is 5.91 Å². The Labute approximate surface area is 155 Å². The van der Waals surface area contributed by atoms with Crippen LogP contribution in [0.2, 0.25) is 0 Å². The van der Waals surface area contributed by atoms with Gasteiger partial charge < -0.3 is 10.6 Å². The number of benzene rings is 1. The van der Waals surface area contributed by atoms with Crippen molar-refractivity contribution in [1.29, 1.82) is 0 Å². The summed E-state index contributed by atoms with van der Waals surface area (Å²) in [6, 6.07) is 2.35. The Hall–Kier alpha value is -2.51. The van der Waals surface area contributed by atoms with Crippen molar-refractivity contribution in [1.82, 2.24) is 16.0 Å². The molecule has 8 heteroatoms. The van der Waals surface area contributed by atoms with E-state index in [2.05, 4.69) is 16.0 Å². The fourth-order valence-electron chi connectivity index (χ4n) is 4.55. The van der Waals surface area contributed by atoms with E-state index in [0.717, 1.165) is 31.7 Å². The molecular weight excluding hydrogens is 356 g/mol. The number of amides is 4. The zero-order valence-corrected chi connectivity index (χ0v) is 14.7. The van der Waals surface area contributed by atoms with E-state index in [9.17, 15) is 23.2 Å². The summed E-state index contributed by atoms with van der Waals surface area (Å²) in [5.41, 5.74) is -0.708. The second kappa shape index (κ2) is 6.58. The van der Waals surface area contributed by atoms with Gasteiger partial charge in [0.2, 0.25) is 5.91 Å². The molecule has 3 fully saturated rings. The third-order valence-electron chi connectivity index (χ3n) is 6.04. The van der Waals surface area contributed by atoms with Crippen molar-refractivity contribution < 1.29 is 23.2 Å². The van der Waals surface area contributed by atoms with E-state index < -0.39 is 41.1 Å². The SMILES string of the molecule is O=C1NC(=O)C2(CC(C(=O)NC(c3ccc(F)cc3F)C3CCCC3)C2)N1. The molecule has 1 spiro atoms. The monoisotopic (exact) mass is 377 g/mol. The van der Waals surface area contributed by atoms with E-state index in [1.807, 2.05) is 0 Å². The van der Waals surface area contributed by atoms with Crippen LogP contribution in [-0.2, 0) is 9.59 Å². The molecule has 1 aromatic rings. The second-order valence-electron chi connectivity index (χ2n) is 7.79. The molecule has 1 atom stereocenters. The lowest BCUT2D eigenvalue weighted by atomic mass is 9.67. The lowest BCUT2D eigenvalue weighted by molar-refractivity contribution is -0.137. The molecule has 0 radical (unpaired) electrons. The maximum Gasteiger partial charge on any atom is 0.322 e. The van der Waals surface area contributed by atoms with Gasteiger partial charge in [-0.3, -0.25) is 14.9 Å².